The topological polar surface area (TPSA) is 76.9 Å². The Labute approximate surface area is 98.8 Å². The number of aromatic amines is 1. The maximum absolute atomic E-state index is 8.31. The lowest BCUT2D eigenvalue weighted by atomic mass is 10.1. The minimum Gasteiger partial charge on any atom is -0.348 e. The van der Waals surface area contributed by atoms with Crippen molar-refractivity contribution in [3.05, 3.63) is 36.3 Å². The minimum atomic E-state index is 0.769. The zero-order chi connectivity index (χ0) is 12.1. The lowest BCUT2D eigenvalue weighted by Gasteiger charge is -1.98. The Morgan fingerprint density at radius 2 is 2.41 bits per heavy atom. The summed E-state index contributed by atoms with van der Waals surface area (Å²) in [6, 6.07) is 7.63. The lowest BCUT2D eigenvalue weighted by Crippen LogP contribution is -1.98. The number of H-pyrrole nitrogens is 1. The molecule has 0 atom stereocenters. The van der Waals surface area contributed by atoms with Gasteiger partial charge in [0, 0.05) is 11.8 Å². The molecule has 0 spiro atoms. The molecule has 17 heavy (non-hydrogen) atoms. The van der Waals surface area contributed by atoms with Crippen LogP contribution in [0.4, 0.5) is 5.69 Å². The van der Waals surface area contributed by atoms with E-state index < -0.39 is 0 Å². The zero-order valence-corrected chi connectivity index (χ0v) is 9.31. The molecule has 0 aliphatic carbocycles. The van der Waals surface area contributed by atoms with Crippen molar-refractivity contribution >= 4 is 12.0 Å². The van der Waals surface area contributed by atoms with Crippen LogP contribution in [-0.4, -0.2) is 16.3 Å². The zero-order valence-electron chi connectivity index (χ0n) is 9.31. The van der Waals surface area contributed by atoms with Crippen LogP contribution < -0.4 is 5.32 Å². The van der Waals surface area contributed by atoms with Crippen molar-refractivity contribution in [3.63, 3.8) is 0 Å². The molecule has 84 valence electrons. The number of aryl methyl sites for hydroxylation is 1. The highest BCUT2D eigenvalue weighted by molar-refractivity contribution is 5.67. The van der Waals surface area contributed by atoms with Gasteiger partial charge in [0.15, 0.2) is 6.19 Å². The first-order chi connectivity index (χ1) is 8.29. The molecule has 0 saturated carbocycles. The highest BCUT2D eigenvalue weighted by Crippen LogP contribution is 2.22. The second-order valence-electron chi connectivity index (χ2n) is 3.44. The van der Waals surface area contributed by atoms with Crippen LogP contribution in [0.2, 0.25) is 0 Å². The molecule has 5 nitrogen and oxygen atoms in total. The van der Waals surface area contributed by atoms with Crippen LogP contribution in [0.1, 0.15) is 5.82 Å². The lowest BCUT2D eigenvalue weighted by molar-refractivity contribution is 1.15. The van der Waals surface area contributed by atoms with E-state index in [0.29, 0.717) is 0 Å². The van der Waals surface area contributed by atoms with Gasteiger partial charge >= 0.3 is 0 Å². The summed E-state index contributed by atoms with van der Waals surface area (Å²) in [4.78, 5) is 11.5. The third-order valence-corrected chi connectivity index (χ3v) is 2.19. The number of aliphatic imine (C=N–C) groups is 1. The molecule has 0 aliphatic rings. The molecule has 0 radical (unpaired) electrons. The predicted molar refractivity (Wildman–Crippen MR) is 65.7 cm³/mol. The predicted octanol–water partition coefficient (Wildman–Crippen LogP) is 2.12. The summed E-state index contributed by atoms with van der Waals surface area (Å²) < 4.78 is 0. The first kappa shape index (κ1) is 10.9. The summed E-state index contributed by atoms with van der Waals surface area (Å²) in [5.41, 5.74) is 2.64. The van der Waals surface area contributed by atoms with Gasteiger partial charge in [0.05, 0.1) is 11.4 Å². The quantitative estimate of drug-likeness (QED) is 0.363. The van der Waals surface area contributed by atoms with E-state index in [-0.39, 0.29) is 0 Å². The molecular formula is C12H11N5. The summed E-state index contributed by atoms with van der Waals surface area (Å²) in [6.45, 7) is 1.91. The van der Waals surface area contributed by atoms with Gasteiger partial charge in [-0.2, -0.15) is 5.26 Å². The van der Waals surface area contributed by atoms with Gasteiger partial charge in [-0.3, -0.25) is 5.32 Å². The SMILES string of the molecule is Cc1nc(-c2cccc(/N=C/NC#N)c2)c[nH]1. The first-order valence-electron chi connectivity index (χ1n) is 5.09. The number of hydrogen-bond acceptors (Lipinski definition) is 3. The fourth-order valence-corrected chi connectivity index (χ4v) is 1.45. The normalized spacial score (nSPS) is 10.4. The van der Waals surface area contributed by atoms with Crippen molar-refractivity contribution in [2.45, 2.75) is 6.92 Å². The van der Waals surface area contributed by atoms with E-state index in [2.05, 4.69) is 20.3 Å². The number of benzene rings is 1. The number of nitriles is 1. The second kappa shape index (κ2) is 4.94. The maximum Gasteiger partial charge on any atom is 0.182 e. The smallest absolute Gasteiger partial charge is 0.182 e. The number of hydrogen-bond donors (Lipinski definition) is 2. The molecular weight excluding hydrogens is 214 g/mol. The molecule has 1 aromatic heterocycles. The molecule has 0 aliphatic heterocycles. The molecule has 0 fully saturated rings. The van der Waals surface area contributed by atoms with Crippen LogP contribution in [0, 0.1) is 18.4 Å². The summed E-state index contributed by atoms with van der Waals surface area (Å²) in [7, 11) is 0. The molecule has 0 unspecified atom stereocenters. The van der Waals surface area contributed by atoms with E-state index in [4.69, 9.17) is 5.26 Å². The molecule has 5 heteroatoms. The Balaban J connectivity index is 2.26. The monoisotopic (exact) mass is 225 g/mol. The van der Waals surface area contributed by atoms with Gasteiger partial charge in [-0.25, -0.2) is 9.98 Å². The molecule has 2 rings (SSSR count). The number of imidazole rings is 1. The van der Waals surface area contributed by atoms with Gasteiger partial charge < -0.3 is 4.98 Å². The van der Waals surface area contributed by atoms with E-state index >= 15 is 0 Å². The molecule has 1 aromatic carbocycles. The van der Waals surface area contributed by atoms with E-state index in [0.717, 1.165) is 22.8 Å². The Hall–Kier alpha value is -2.61. The highest BCUT2D eigenvalue weighted by atomic mass is 14.9. The van der Waals surface area contributed by atoms with Crippen molar-refractivity contribution in [1.82, 2.24) is 15.3 Å². The molecule has 0 amide bonds. The summed E-state index contributed by atoms with van der Waals surface area (Å²) in [6.07, 6.45) is 4.98. The first-order valence-corrected chi connectivity index (χ1v) is 5.09. The molecule has 2 aromatic rings. The largest absolute Gasteiger partial charge is 0.348 e. The van der Waals surface area contributed by atoms with Crippen LogP contribution in [0.25, 0.3) is 11.3 Å². The van der Waals surface area contributed by atoms with Crippen LogP contribution >= 0.6 is 0 Å². The van der Waals surface area contributed by atoms with Gasteiger partial charge in [0.25, 0.3) is 0 Å². The van der Waals surface area contributed by atoms with E-state index in [1.807, 2.05) is 37.4 Å². The number of nitrogens with one attached hydrogen (secondary N) is 2. The average Bonchev–Trinajstić information content (AvgIpc) is 2.77. The molecule has 0 bridgehead atoms. The highest BCUT2D eigenvalue weighted by Gasteiger charge is 2.01. The second-order valence-corrected chi connectivity index (χ2v) is 3.44. The van der Waals surface area contributed by atoms with Crippen molar-refractivity contribution < 1.29 is 0 Å². The van der Waals surface area contributed by atoms with Crippen molar-refractivity contribution in [3.8, 4) is 17.5 Å². The average molecular weight is 225 g/mol. The molecule has 1 heterocycles. The fourth-order valence-electron chi connectivity index (χ4n) is 1.45. The van der Waals surface area contributed by atoms with E-state index in [1.54, 1.807) is 6.19 Å². The number of nitrogens with zero attached hydrogens (tertiary/aromatic N) is 3. The number of aromatic nitrogens is 2. The Morgan fingerprint density at radius 3 is 3.12 bits per heavy atom. The van der Waals surface area contributed by atoms with Crippen LogP contribution in [0.3, 0.4) is 0 Å². The Morgan fingerprint density at radius 1 is 1.53 bits per heavy atom. The fraction of sp³-hybridized carbons (Fsp3) is 0.0833. The molecule has 0 saturated heterocycles. The van der Waals surface area contributed by atoms with Crippen LogP contribution in [0.5, 0.6) is 0 Å². The summed E-state index contributed by atoms with van der Waals surface area (Å²) in [5.74, 6) is 0.875. The standard InChI is InChI=1S/C12H11N5/c1-9-15-6-12(17-9)10-3-2-4-11(5-10)16-8-14-7-13/h2-6,8H,1H3,(H,14,16)(H,15,17). The maximum atomic E-state index is 8.31. The van der Waals surface area contributed by atoms with E-state index in [1.165, 1.54) is 6.34 Å². The van der Waals surface area contributed by atoms with Crippen LogP contribution in [-0.2, 0) is 0 Å². The van der Waals surface area contributed by atoms with E-state index in [9.17, 15) is 0 Å². The van der Waals surface area contributed by atoms with Gasteiger partial charge in [-0.05, 0) is 19.1 Å². The van der Waals surface area contributed by atoms with Crippen LogP contribution in [0.15, 0.2) is 35.5 Å². The van der Waals surface area contributed by atoms with Crippen molar-refractivity contribution in [2.75, 3.05) is 0 Å². The Bertz CT molecular complexity index is 577. The van der Waals surface area contributed by atoms with Gasteiger partial charge in [0.1, 0.15) is 12.2 Å². The Kier molecular flexibility index (Phi) is 3.17. The summed E-state index contributed by atoms with van der Waals surface area (Å²) >= 11 is 0. The minimum absolute atomic E-state index is 0.769. The van der Waals surface area contributed by atoms with Crippen molar-refractivity contribution in [1.29, 1.82) is 5.26 Å². The number of rotatable bonds is 3. The van der Waals surface area contributed by atoms with Gasteiger partial charge in [-0.1, -0.05) is 12.1 Å². The third kappa shape index (κ3) is 2.69. The van der Waals surface area contributed by atoms with Gasteiger partial charge in [0.2, 0.25) is 0 Å². The molecule has 2 N–H and O–H groups in total. The summed E-state index contributed by atoms with van der Waals surface area (Å²) in [5, 5.41) is 10.7. The van der Waals surface area contributed by atoms with Gasteiger partial charge in [-0.15, -0.1) is 0 Å². The van der Waals surface area contributed by atoms with Crippen molar-refractivity contribution in [2.24, 2.45) is 4.99 Å². The third-order valence-electron chi connectivity index (χ3n) is 2.19.